The topological polar surface area (TPSA) is 225 Å². The fraction of sp³-hybridized carbons (Fsp3) is 0.647. The highest BCUT2D eigenvalue weighted by molar-refractivity contribution is 5.88. The molecule has 1 atom stereocenters. The van der Waals surface area contributed by atoms with Crippen molar-refractivity contribution in [3.05, 3.63) is 29.8 Å². The minimum absolute atomic E-state index is 0.0399. The van der Waals surface area contributed by atoms with Gasteiger partial charge in [-0.05, 0) is 43.5 Å². The maximum absolute atomic E-state index is 12.6. The monoisotopic (exact) mass is 710 g/mol. The summed E-state index contributed by atoms with van der Waals surface area (Å²) in [6, 6.07) is 5.33. The molecule has 0 bridgehead atoms. The maximum Gasteiger partial charge on any atom is 0.335 e. The fourth-order valence-corrected chi connectivity index (χ4v) is 4.36. The predicted molar refractivity (Wildman–Crippen MR) is 180 cm³/mol. The summed E-state index contributed by atoms with van der Waals surface area (Å²) in [6.45, 7) is 2.07. The van der Waals surface area contributed by atoms with Crippen LogP contribution in [0.3, 0.4) is 0 Å². The highest BCUT2D eigenvalue weighted by Crippen LogP contribution is 2.14. The third-order valence-electron chi connectivity index (χ3n) is 6.97. The van der Waals surface area contributed by atoms with Gasteiger partial charge in [0.25, 0.3) is 0 Å². The van der Waals surface area contributed by atoms with Gasteiger partial charge in [-0.15, -0.1) is 0 Å². The standard InChI is InChI=1S/C34H52N3O13/c38-17-21-48-23-22-46-19-15-35-31(40)26-49-25-24-47-20-16-36-33(43)29(13-14-32(41)42)37-30(39)8-6-4-2-1-3-5-7-18-50-28-11-9-27(10-12-28)34(44)45/h9-12,29H,1-8,13-16,18-26H2,(H,35,40)(H,36,43)(H,37,39)(H,41,42)(H,44,45). The van der Waals surface area contributed by atoms with Crippen LogP contribution in [0.4, 0.5) is 0 Å². The Morgan fingerprint density at radius 3 is 1.90 bits per heavy atom. The van der Waals surface area contributed by atoms with Crippen molar-refractivity contribution < 1.29 is 62.7 Å². The molecule has 1 rings (SSSR count). The van der Waals surface area contributed by atoms with E-state index in [0.29, 0.717) is 31.9 Å². The molecule has 1 radical (unpaired) electrons. The zero-order valence-electron chi connectivity index (χ0n) is 28.6. The van der Waals surface area contributed by atoms with Gasteiger partial charge in [0.15, 0.2) is 0 Å². The molecule has 16 nitrogen and oxygen atoms in total. The predicted octanol–water partition coefficient (Wildman–Crippen LogP) is 1.64. The summed E-state index contributed by atoms with van der Waals surface area (Å²) in [5.74, 6) is -2.53. The van der Waals surface area contributed by atoms with E-state index in [0.717, 1.165) is 38.5 Å². The van der Waals surface area contributed by atoms with Crippen molar-refractivity contribution in [2.75, 3.05) is 72.6 Å². The van der Waals surface area contributed by atoms with E-state index in [-0.39, 0.29) is 89.4 Å². The number of carboxylic acid groups (broad SMARTS) is 2. The summed E-state index contributed by atoms with van der Waals surface area (Å²) in [7, 11) is 0. The van der Waals surface area contributed by atoms with Crippen LogP contribution in [0.5, 0.6) is 5.75 Å². The molecular weight excluding hydrogens is 658 g/mol. The van der Waals surface area contributed by atoms with Gasteiger partial charge in [-0.25, -0.2) is 4.79 Å². The number of benzene rings is 1. The van der Waals surface area contributed by atoms with Crippen molar-refractivity contribution in [1.82, 2.24) is 16.0 Å². The van der Waals surface area contributed by atoms with Gasteiger partial charge in [-0.1, -0.05) is 32.1 Å². The fourth-order valence-electron chi connectivity index (χ4n) is 4.36. The molecule has 0 heterocycles. The van der Waals surface area contributed by atoms with E-state index in [9.17, 15) is 28.8 Å². The number of hydrogen-bond acceptors (Lipinski definition) is 11. The minimum atomic E-state index is -1.07. The smallest absolute Gasteiger partial charge is 0.335 e. The van der Waals surface area contributed by atoms with Crippen molar-refractivity contribution in [3.8, 4) is 5.75 Å². The zero-order valence-corrected chi connectivity index (χ0v) is 28.6. The van der Waals surface area contributed by atoms with E-state index >= 15 is 0 Å². The Kier molecular flexibility index (Phi) is 26.1. The molecular formula is C34H52N3O13. The number of amides is 3. The number of ether oxygens (including phenoxy) is 5. The number of carbonyl (C=O) groups excluding carboxylic acids is 4. The molecule has 0 saturated heterocycles. The van der Waals surface area contributed by atoms with E-state index < -0.39 is 23.9 Å². The molecule has 0 aliphatic carbocycles. The van der Waals surface area contributed by atoms with Crippen LogP contribution in [-0.2, 0) is 42.9 Å². The summed E-state index contributed by atoms with van der Waals surface area (Å²) in [6.07, 6.45) is 7.90. The quantitative estimate of drug-likeness (QED) is 0.0655. The van der Waals surface area contributed by atoms with Crippen LogP contribution in [0.25, 0.3) is 0 Å². The van der Waals surface area contributed by atoms with Gasteiger partial charge in [-0.2, -0.15) is 0 Å². The van der Waals surface area contributed by atoms with Gasteiger partial charge < -0.3 is 49.8 Å². The summed E-state index contributed by atoms with van der Waals surface area (Å²) < 4.78 is 26.4. The first kappa shape index (κ1) is 43.9. The van der Waals surface area contributed by atoms with Crippen molar-refractivity contribution in [3.63, 3.8) is 0 Å². The molecule has 5 N–H and O–H groups in total. The van der Waals surface area contributed by atoms with E-state index in [2.05, 4.69) is 16.0 Å². The van der Waals surface area contributed by atoms with Gasteiger partial charge in [-0.3, -0.25) is 24.0 Å². The molecule has 281 valence electrons. The second kappa shape index (κ2) is 29.8. The molecule has 1 aromatic rings. The molecule has 0 aliphatic rings. The Hall–Kier alpha value is -4.12. The molecule has 0 saturated carbocycles. The van der Waals surface area contributed by atoms with E-state index in [1.54, 1.807) is 18.4 Å². The Labute approximate surface area is 292 Å². The van der Waals surface area contributed by atoms with Crippen molar-refractivity contribution >= 4 is 35.9 Å². The first-order valence-electron chi connectivity index (χ1n) is 16.9. The van der Waals surface area contributed by atoms with E-state index in [1.165, 1.54) is 12.1 Å². The van der Waals surface area contributed by atoms with Gasteiger partial charge in [0, 0.05) is 25.9 Å². The van der Waals surface area contributed by atoms with Crippen molar-refractivity contribution in [2.24, 2.45) is 0 Å². The number of carboxylic acids is 2. The largest absolute Gasteiger partial charge is 0.494 e. The average Bonchev–Trinajstić information content (AvgIpc) is 3.09. The summed E-state index contributed by atoms with van der Waals surface area (Å²) in [5, 5.41) is 25.9. The number of rotatable bonds is 33. The van der Waals surface area contributed by atoms with Gasteiger partial charge in [0.05, 0.1) is 51.8 Å². The van der Waals surface area contributed by atoms with Crippen LogP contribution in [-0.4, -0.2) is 125 Å². The maximum atomic E-state index is 12.6. The molecule has 50 heavy (non-hydrogen) atoms. The van der Waals surface area contributed by atoms with E-state index in [4.69, 9.17) is 33.9 Å². The first-order chi connectivity index (χ1) is 24.2. The molecule has 0 aliphatic heterocycles. The molecule has 1 aromatic carbocycles. The second-order valence-electron chi connectivity index (χ2n) is 11.1. The molecule has 3 amide bonds. The molecule has 0 spiro atoms. The van der Waals surface area contributed by atoms with Crippen LogP contribution in [0.15, 0.2) is 24.3 Å². The normalized spacial score (nSPS) is 11.4. The number of aromatic carboxylic acids is 1. The zero-order chi connectivity index (χ0) is 36.7. The lowest BCUT2D eigenvalue weighted by Gasteiger charge is -2.18. The van der Waals surface area contributed by atoms with Crippen molar-refractivity contribution in [1.29, 1.82) is 0 Å². The minimum Gasteiger partial charge on any atom is -0.494 e. The lowest BCUT2D eigenvalue weighted by molar-refractivity contribution is -0.138. The number of hydrogen-bond donors (Lipinski definition) is 5. The summed E-state index contributed by atoms with van der Waals surface area (Å²) in [5.41, 5.74) is 0.216. The lowest BCUT2D eigenvalue weighted by Crippen LogP contribution is -2.47. The highest BCUT2D eigenvalue weighted by Gasteiger charge is 2.21. The third kappa shape index (κ3) is 24.9. The Morgan fingerprint density at radius 2 is 1.26 bits per heavy atom. The molecule has 0 aromatic heterocycles. The average molecular weight is 711 g/mol. The van der Waals surface area contributed by atoms with Crippen LogP contribution in [0.1, 0.15) is 74.6 Å². The van der Waals surface area contributed by atoms with Gasteiger partial charge in [0.2, 0.25) is 24.0 Å². The summed E-state index contributed by atoms with van der Waals surface area (Å²) >= 11 is 0. The molecule has 1 unspecified atom stereocenters. The summed E-state index contributed by atoms with van der Waals surface area (Å²) in [4.78, 5) is 68.8. The van der Waals surface area contributed by atoms with Gasteiger partial charge >= 0.3 is 11.9 Å². The molecule has 16 heteroatoms. The Morgan fingerprint density at radius 1 is 0.660 bits per heavy atom. The number of carbonyl (C=O) groups is 5. The Bertz CT molecular complexity index is 1120. The number of unbranched alkanes of at least 4 members (excludes halogenated alkanes) is 6. The number of aliphatic carboxylic acids is 1. The van der Waals surface area contributed by atoms with Crippen LogP contribution < -0.4 is 20.7 Å². The lowest BCUT2D eigenvalue weighted by atomic mass is 10.1. The van der Waals surface area contributed by atoms with Crippen LogP contribution in [0, 0.1) is 0 Å². The second-order valence-corrected chi connectivity index (χ2v) is 11.1. The number of nitrogens with one attached hydrogen (secondary N) is 3. The van der Waals surface area contributed by atoms with E-state index in [1.807, 2.05) is 0 Å². The SMILES string of the molecule is O=[C]COCCOCCNC(=O)COCCOCCNC(=O)C(CCC(=O)O)NC(=O)CCCCCCCCCOc1ccc(C(=O)O)cc1. The highest BCUT2D eigenvalue weighted by atomic mass is 16.5. The first-order valence-corrected chi connectivity index (χ1v) is 16.9. The van der Waals surface area contributed by atoms with Crippen LogP contribution in [0.2, 0.25) is 0 Å². The Balaban J connectivity index is 2.09. The molecule has 0 fully saturated rings. The van der Waals surface area contributed by atoms with Gasteiger partial charge in [0.1, 0.15) is 25.0 Å². The van der Waals surface area contributed by atoms with Crippen molar-refractivity contribution in [2.45, 2.75) is 70.3 Å². The van der Waals surface area contributed by atoms with Crippen LogP contribution >= 0.6 is 0 Å². The third-order valence-corrected chi connectivity index (χ3v) is 6.97.